The van der Waals surface area contributed by atoms with Gasteiger partial charge in [0.2, 0.25) is 0 Å². The molecule has 0 atom stereocenters. The van der Waals surface area contributed by atoms with Crippen molar-refractivity contribution >= 4 is 17.4 Å². The monoisotopic (exact) mass is 391 g/mol. The van der Waals surface area contributed by atoms with Crippen molar-refractivity contribution in [3.8, 4) is 5.75 Å². The van der Waals surface area contributed by atoms with Crippen LogP contribution in [0.25, 0.3) is 0 Å². The second-order valence-electron chi connectivity index (χ2n) is 7.68. The van der Waals surface area contributed by atoms with Crippen LogP contribution in [-0.4, -0.2) is 22.0 Å². The highest BCUT2D eigenvalue weighted by atomic mass is 16.4. The predicted molar refractivity (Wildman–Crippen MR) is 114 cm³/mol. The molecule has 0 amide bonds. The van der Waals surface area contributed by atoms with Gasteiger partial charge in [0.1, 0.15) is 5.56 Å². The number of carboxylic acids is 1. The van der Waals surface area contributed by atoms with Gasteiger partial charge in [-0.2, -0.15) is 0 Å². The number of nitrogens with two attached hydrogens (primary N) is 1. The number of hydrogen-bond donors (Lipinski definition) is 3. The number of rotatable bonds is 16. The van der Waals surface area contributed by atoms with E-state index in [4.69, 9.17) is 10.8 Å². The smallest absolute Gasteiger partial charge is 0.339 e. The van der Waals surface area contributed by atoms with Gasteiger partial charge in [-0.25, -0.2) is 4.79 Å². The summed E-state index contributed by atoms with van der Waals surface area (Å²) in [6, 6.07) is 2.56. The van der Waals surface area contributed by atoms with Crippen LogP contribution < -0.4 is 5.73 Å². The van der Waals surface area contributed by atoms with Crippen molar-refractivity contribution in [2.24, 2.45) is 0 Å². The van der Waals surface area contributed by atoms with Crippen LogP contribution in [0.4, 0.5) is 5.69 Å². The third-order valence-electron chi connectivity index (χ3n) is 5.20. The van der Waals surface area contributed by atoms with Gasteiger partial charge in [0, 0.05) is 12.0 Å². The molecule has 5 nitrogen and oxygen atoms in total. The quantitative estimate of drug-likeness (QED) is 0.132. The first-order valence-corrected chi connectivity index (χ1v) is 10.9. The van der Waals surface area contributed by atoms with Gasteiger partial charge in [0.05, 0.1) is 5.69 Å². The summed E-state index contributed by atoms with van der Waals surface area (Å²) in [5.74, 6) is -1.90. The second kappa shape index (κ2) is 14.0. The number of aromatic hydroxyl groups is 1. The maximum atomic E-state index is 12.3. The number of ketones is 1. The average Bonchev–Trinajstić information content (AvgIpc) is 2.67. The molecule has 0 aliphatic carbocycles. The maximum Gasteiger partial charge on any atom is 0.339 e. The molecule has 158 valence electrons. The maximum absolute atomic E-state index is 12.3. The molecule has 0 unspecified atom stereocenters. The Balaban J connectivity index is 2.12. The van der Waals surface area contributed by atoms with Gasteiger partial charge < -0.3 is 15.9 Å². The van der Waals surface area contributed by atoms with Crippen molar-refractivity contribution in [2.45, 2.75) is 96.8 Å². The largest absolute Gasteiger partial charge is 0.505 e. The van der Waals surface area contributed by atoms with Crippen molar-refractivity contribution in [1.82, 2.24) is 0 Å². The lowest BCUT2D eigenvalue weighted by molar-refractivity contribution is 0.0694. The van der Waals surface area contributed by atoms with Crippen LogP contribution in [-0.2, 0) is 0 Å². The average molecular weight is 392 g/mol. The lowest BCUT2D eigenvalue weighted by atomic mass is 10.00. The van der Waals surface area contributed by atoms with E-state index in [9.17, 15) is 14.7 Å². The number of benzene rings is 1. The molecule has 0 saturated heterocycles. The van der Waals surface area contributed by atoms with Crippen molar-refractivity contribution in [3.05, 3.63) is 23.3 Å². The topological polar surface area (TPSA) is 101 Å². The third-order valence-corrected chi connectivity index (χ3v) is 5.20. The number of carboxylic acid groups (broad SMARTS) is 1. The molecular weight excluding hydrogens is 354 g/mol. The predicted octanol–water partition coefficient (Wildman–Crippen LogP) is 6.34. The second-order valence-corrected chi connectivity index (χ2v) is 7.68. The Labute approximate surface area is 169 Å². The first-order valence-electron chi connectivity index (χ1n) is 10.9. The fourth-order valence-corrected chi connectivity index (χ4v) is 3.43. The summed E-state index contributed by atoms with van der Waals surface area (Å²) in [4.78, 5) is 23.4. The molecule has 0 fully saturated rings. The molecule has 1 aromatic rings. The fourth-order valence-electron chi connectivity index (χ4n) is 3.43. The van der Waals surface area contributed by atoms with Crippen molar-refractivity contribution in [2.75, 3.05) is 5.73 Å². The van der Waals surface area contributed by atoms with E-state index in [0.29, 0.717) is 6.42 Å². The van der Waals surface area contributed by atoms with E-state index in [-0.39, 0.29) is 22.6 Å². The zero-order valence-corrected chi connectivity index (χ0v) is 17.3. The van der Waals surface area contributed by atoms with E-state index < -0.39 is 11.7 Å². The molecule has 0 aliphatic heterocycles. The number of carbonyl (C=O) groups is 2. The first kappa shape index (κ1) is 24.0. The van der Waals surface area contributed by atoms with Gasteiger partial charge in [0.15, 0.2) is 11.5 Å². The molecule has 0 saturated carbocycles. The van der Waals surface area contributed by atoms with Gasteiger partial charge in [0.25, 0.3) is 0 Å². The molecule has 4 N–H and O–H groups in total. The van der Waals surface area contributed by atoms with Crippen LogP contribution >= 0.6 is 0 Å². The molecule has 0 aromatic heterocycles. The van der Waals surface area contributed by atoms with Gasteiger partial charge in [-0.1, -0.05) is 84.0 Å². The summed E-state index contributed by atoms with van der Waals surface area (Å²) < 4.78 is 0. The standard InChI is InChI=1S/C23H37NO4/c1-2-3-4-5-6-7-8-9-10-11-12-13-14-15-21(25)18-16-19(23(27)28)22(26)20(24)17-18/h16-17,26H,2-15,24H2,1H3,(H,27,28). The summed E-state index contributed by atoms with van der Waals surface area (Å²) in [7, 11) is 0. The summed E-state index contributed by atoms with van der Waals surface area (Å²) in [5.41, 5.74) is 5.46. The number of carbonyl (C=O) groups excluding carboxylic acids is 1. The Bertz CT molecular complexity index is 613. The zero-order chi connectivity index (χ0) is 20.8. The molecule has 1 rings (SSSR count). The number of hydrogen-bond acceptors (Lipinski definition) is 4. The normalized spacial score (nSPS) is 10.9. The Morgan fingerprint density at radius 2 is 1.29 bits per heavy atom. The Morgan fingerprint density at radius 3 is 1.75 bits per heavy atom. The van der Waals surface area contributed by atoms with E-state index in [1.807, 2.05) is 0 Å². The summed E-state index contributed by atoms with van der Waals surface area (Å²) in [6.45, 7) is 2.24. The van der Waals surface area contributed by atoms with Gasteiger partial charge in [-0.15, -0.1) is 0 Å². The molecule has 1 aromatic carbocycles. The van der Waals surface area contributed by atoms with Gasteiger partial charge in [-0.3, -0.25) is 4.79 Å². The van der Waals surface area contributed by atoms with E-state index in [0.717, 1.165) is 19.3 Å². The van der Waals surface area contributed by atoms with E-state index in [1.54, 1.807) is 0 Å². The number of unbranched alkanes of at least 4 members (excludes halogenated alkanes) is 12. The number of anilines is 1. The van der Waals surface area contributed by atoms with Crippen LogP contribution in [0.3, 0.4) is 0 Å². The number of phenols is 1. The number of aromatic carboxylic acids is 1. The highest BCUT2D eigenvalue weighted by Gasteiger charge is 2.17. The Hall–Kier alpha value is -2.04. The van der Waals surface area contributed by atoms with Gasteiger partial charge in [-0.05, 0) is 18.6 Å². The minimum absolute atomic E-state index is 0.0754. The molecule has 28 heavy (non-hydrogen) atoms. The zero-order valence-electron chi connectivity index (χ0n) is 17.3. The van der Waals surface area contributed by atoms with Crippen LogP contribution in [0.1, 0.15) is 118 Å². The molecule has 0 aliphatic rings. The first-order chi connectivity index (χ1) is 13.5. The fraction of sp³-hybridized carbons (Fsp3) is 0.652. The summed E-state index contributed by atoms with van der Waals surface area (Å²) in [6.07, 6.45) is 16.5. The Morgan fingerprint density at radius 1 is 0.821 bits per heavy atom. The molecule has 0 heterocycles. The molecular formula is C23H37NO4. The van der Waals surface area contributed by atoms with Crippen molar-refractivity contribution in [3.63, 3.8) is 0 Å². The Kier molecular flexibility index (Phi) is 12.0. The third kappa shape index (κ3) is 9.25. The highest BCUT2D eigenvalue weighted by molar-refractivity contribution is 6.01. The molecule has 0 radical (unpaired) electrons. The van der Waals surface area contributed by atoms with Crippen LogP contribution in [0, 0.1) is 0 Å². The summed E-state index contributed by atoms with van der Waals surface area (Å²) >= 11 is 0. The van der Waals surface area contributed by atoms with Crippen LogP contribution in [0.5, 0.6) is 5.75 Å². The highest BCUT2D eigenvalue weighted by Crippen LogP contribution is 2.27. The summed E-state index contributed by atoms with van der Waals surface area (Å²) in [5, 5.41) is 18.7. The lowest BCUT2D eigenvalue weighted by Gasteiger charge is -2.07. The van der Waals surface area contributed by atoms with E-state index in [2.05, 4.69) is 6.92 Å². The van der Waals surface area contributed by atoms with Gasteiger partial charge >= 0.3 is 5.97 Å². The molecule has 0 bridgehead atoms. The minimum atomic E-state index is -1.29. The SMILES string of the molecule is CCCCCCCCCCCCCCCC(=O)c1cc(N)c(O)c(C(=O)O)c1. The van der Waals surface area contributed by atoms with Crippen molar-refractivity contribution in [1.29, 1.82) is 0 Å². The van der Waals surface area contributed by atoms with E-state index in [1.165, 1.54) is 76.3 Å². The number of Topliss-reactive ketones (excluding diaryl/α,β-unsaturated/α-hetero) is 1. The molecule has 0 spiro atoms. The van der Waals surface area contributed by atoms with Crippen LogP contribution in [0.2, 0.25) is 0 Å². The van der Waals surface area contributed by atoms with E-state index >= 15 is 0 Å². The molecule has 5 heteroatoms. The van der Waals surface area contributed by atoms with Crippen molar-refractivity contribution < 1.29 is 19.8 Å². The minimum Gasteiger partial charge on any atom is -0.505 e. The number of nitrogen functional groups attached to an aromatic ring is 1. The van der Waals surface area contributed by atoms with Crippen LogP contribution in [0.15, 0.2) is 12.1 Å². The lowest BCUT2D eigenvalue weighted by Crippen LogP contribution is -2.06.